The molecule has 2 heterocycles. The molecule has 0 saturated heterocycles. The Kier molecular flexibility index (Phi) is 6.10. The minimum atomic E-state index is -0.0137. The summed E-state index contributed by atoms with van der Waals surface area (Å²) in [5.74, 6) is 2.06. The van der Waals surface area contributed by atoms with Gasteiger partial charge in [-0.1, -0.05) is 35.9 Å². The zero-order chi connectivity index (χ0) is 20.1. The number of rotatable bonds is 7. The molecule has 29 heavy (non-hydrogen) atoms. The van der Waals surface area contributed by atoms with Crippen LogP contribution >= 0.6 is 11.3 Å². The topological polar surface area (TPSA) is 60.5 Å². The van der Waals surface area contributed by atoms with Crippen LogP contribution in [0.4, 0.5) is 0 Å². The van der Waals surface area contributed by atoms with E-state index in [1.807, 2.05) is 54.8 Å². The van der Waals surface area contributed by atoms with Gasteiger partial charge in [-0.3, -0.25) is 4.79 Å². The minimum absolute atomic E-state index is 0.0137. The Balaban J connectivity index is 1.22. The van der Waals surface area contributed by atoms with E-state index in [1.54, 1.807) is 0 Å². The van der Waals surface area contributed by atoms with Crippen LogP contribution < -0.4 is 14.8 Å². The first kappa shape index (κ1) is 19.5. The molecule has 1 atom stereocenters. The number of ether oxygens (including phenoxy) is 2. The Morgan fingerprint density at radius 3 is 2.93 bits per heavy atom. The van der Waals surface area contributed by atoms with Gasteiger partial charge < -0.3 is 14.8 Å². The summed E-state index contributed by atoms with van der Waals surface area (Å²) in [6.07, 6.45) is 1.21. The predicted molar refractivity (Wildman–Crippen MR) is 113 cm³/mol. The van der Waals surface area contributed by atoms with Crippen LogP contribution in [-0.2, 0) is 24.2 Å². The monoisotopic (exact) mass is 408 g/mol. The van der Waals surface area contributed by atoms with Gasteiger partial charge in [0, 0.05) is 17.8 Å². The highest BCUT2D eigenvalue weighted by Gasteiger charge is 2.20. The second kappa shape index (κ2) is 9.09. The zero-order valence-electron chi connectivity index (χ0n) is 16.4. The smallest absolute Gasteiger partial charge is 0.226 e. The number of amides is 1. The molecule has 0 saturated carbocycles. The van der Waals surface area contributed by atoms with Crippen LogP contribution in [0.3, 0.4) is 0 Å². The average Bonchev–Trinajstić information content (AvgIpc) is 3.19. The average molecular weight is 409 g/mol. The van der Waals surface area contributed by atoms with Gasteiger partial charge in [-0.05, 0) is 37.1 Å². The molecule has 0 spiro atoms. The van der Waals surface area contributed by atoms with E-state index in [-0.39, 0.29) is 12.3 Å². The maximum atomic E-state index is 12.3. The van der Waals surface area contributed by atoms with E-state index < -0.39 is 0 Å². The molecule has 3 aromatic rings. The van der Waals surface area contributed by atoms with E-state index in [2.05, 4.69) is 16.4 Å². The summed E-state index contributed by atoms with van der Waals surface area (Å²) in [4.78, 5) is 16.8. The van der Waals surface area contributed by atoms with Crippen molar-refractivity contribution in [3.05, 3.63) is 75.7 Å². The van der Waals surface area contributed by atoms with Crippen molar-refractivity contribution in [3.8, 4) is 11.5 Å². The van der Waals surface area contributed by atoms with Gasteiger partial charge in [-0.2, -0.15) is 0 Å². The third-order valence-corrected chi connectivity index (χ3v) is 5.74. The number of para-hydroxylation sites is 1. The van der Waals surface area contributed by atoms with Gasteiger partial charge in [0.1, 0.15) is 23.1 Å². The van der Waals surface area contributed by atoms with Crippen LogP contribution in [0.5, 0.6) is 11.5 Å². The second-order valence-corrected chi connectivity index (χ2v) is 8.25. The van der Waals surface area contributed by atoms with Gasteiger partial charge in [0.05, 0.1) is 18.7 Å². The van der Waals surface area contributed by atoms with E-state index in [0.717, 1.165) is 28.6 Å². The lowest BCUT2D eigenvalue weighted by molar-refractivity contribution is -0.120. The van der Waals surface area contributed by atoms with Crippen LogP contribution in [-0.4, -0.2) is 24.0 Å². The first-order valence-corrected chi connectivity index (χ1v) is 10.6. The Bertz CT molecular complexity index is 968. The normalized spacial score (nSPS) is 15.3. The highest BCUT2D eigenvalue weighted by Crippen LogP contribution is 2.26. The fraction of sp³-hybridized carbons (Fsp3) is 0.304. The molecular formula is C23H24N2O3S. The molecular weight excluding hydrogens is 384 g/mol. The van der Waals surface area contributed by atoms with E-state index in [1.165, 1.54) is 22.5 Å². The predicted octanol–water partition coefficient (Wildman–Crippen LogP) is 3.94. The van der Waals surface area contributed by atoms with Crippen LogP contribution in [0, 0.1) is 12.8 Å². The molecule has 1 amide bonds. The van der Waals surface area contributed by atoms with Gasteiger partial charge >= 0.3 is 0 Å². The van der Waals surface area contributed by atoms with Crippen molar-refractivity contribution >= 4 is 17.2 Å². The first-order valence-electron chi connectivity index (χ1n) is 9.76. The van der Waals surface area contributed by atoms with Crippen molar-refractivity contribution in [2.45, 2.75) is 26.4 Å². The number of aryl methyl sites for hydroxylation is 1. The third kappa shape index (κ3) is 5.35. The van der Waals surface area contributed by atoms with E-state index in [0.29, 0.717) is 25.7 Å². The number of thiazole rings is 1. The maximum absolute atomic E-state index is 12.3. The van der Waals surface area contributed by atoms with Crippen molar-refractivity contribution in [2.24, 2.45) is 5.92 Å². The highest BCUT2D eigenvalue weighted by molar-refractivity contribution is 7.09. The molecule has 1 unspecified atom stereocenters. The van der Waals surface area contributed by atoms with Crippen molar-refractivity contribution in [3.63, 3.8) is 0 Å². The Hall–Kier alpha value is -2.86. The molecule has 0 aliphatic carbocycles. The summed E-state index contributed by atoms with van der Waals surface area (Å²) in [6, 6.07) is 16.0. The number of nitrogens with one attached hydrogen (secondary N) is 1. The number of hydrogen-bond acceptors (Lipinski definition) is 5. The fourth-order valence-corrected chi connectivity index (χ4v) is 3.99. The van der Waals surface area contributed by atoms with Gasteiger partial charge in [0.15, 0.2) is 0 Å². The van der Waals surface area contributed by atoms with Crippen molar-refractivity contribution in [1.29, 1.82) is 0 Å². The molecule has 1 aliphatic heterocycles. The molecule has 6 heteroatoms. The maximum Gasteiger partial charge on any atom is 0.226 e. The van der Waals surface area contributed by atoms with Crippen molar-refractivity contribution < 1.29 is 14.3 Å². The third-order valence-electron chi connectivity index (χ3n) is 4.87. The highest BCUT2D eigenvalue weighted by atomic mass is 32.1. The number of carbonyl (C=O) groups excluding carboxylic acids is 1. The largest absolute Gasteiger partial charge is 0.493 e. The molecule has 4 rings (SSSR count). The van der Waals surface area contributed by atoms with E-state index in [4.69, 9.17) is 9.47 Å². The van der Waals surface area contributed by atoms with Crippen molar-refractivity contribution in [2.75, 3.05) is 13.2 Å². The van der Waals surface area contributed by atoms with E-state index >= 15 is 0 Å². The lowest BCUT2D eigenvalue weighted by atomic mass is 9.97. The standard InChI is InChI=1S/C23H24N2O3S/c1-16-6-8-20(9-7-16)27-14-23-25-19(15-29-23)11-22(26)24-12-17-10-18-4-2-3-5-21(18)28-13-17/h2-9,15,17H,10-14H2,1H3,(H,24,26). The number of benzene rings is 2. The number of hydrogen-bond donors (Lipinski definition) is 1. The number of nitrogens with zero attached hydrogens (tertiary/aromatic N) is 1. The Morgan fingerprint density at radius 2 is 2.07 bits per heavy atom. The molecule has 1 aromatic heterocycles. The van der Waals surface area contributed by atoms with Gasteiger partial charge in [0.2, 0.25) is 5.91 Å². The molecule has 1 aliphatic rings. The van der Waals surface area contributed by atoms with Crippen molar-refractivity contribution in [1.82, 2.24) is 10.3 Å². The molecule has 5 nitrogen and oxygen atoms in total. The van der Waals surface area contributed by atoms with Crippen LogP contribution in [0.1, 0.15) is 21.8 Å². The lowest BCUT2D eigenvalue weighted by Crippen LogP contribution is -2.35. The van der Waals surface area contributed by atoms with Crippen LogP contribution in [0.25, 0.3) is 0 Å². The summed E-state index contributed by atoms with van der Waals surface area (Å²) in [5.41, 5.74) is 3.18. The fourth-order valence-electron chi connectivity index (χ4n) is 3.28. The van der Waals surface area contributed by atoms with E-state index in [9.17, 15) is 4.79 Å². The van der Waals surface area contributed by atoms with Gasteiger partial charge in [0.25, 0.3) is 0 Å². The molecule has 150 valence electrons. The summed E-state index contributed by atoms with van der Waals surface area (Å²) in [6.45, 7) is 3.70. The molecule has 0 bridgehead atoms. The molecule has 0 radical (unpaired) electrons. The number of carbonyl (C=O) groups is 1. The minimum Gasteiger partial charge on any atom is -0.493 e. The SMILES string of the molecule is Cc1ccc(OCc2nc(CC(=O)NCC3COc4ccccc4C3)cs2)cc1. The number of fused-ring (bicyclic) bond motifs is 1. The quantitative estimate of drug-likeness (QED) is 0.643. The summed E-state index contributed by atoms with van der Waals surface area (Å²) < 4.78 is 11.5. The summed E-state index contributed by atoms with van der Waals surface area (Å²) in [5, 5.41) is 5.81. The molecule has 2 aromatic carbocycles. The molecule has 1 N–H and O–H groups in total. The van der Waals surface area contributed by atoms with Crippen LogP contribution in [0.2, 0.25) is 0 Å². The molecule has 0 fully saturated rings. The van der Waals surface area contributed by atoms with Gasteiger partial charge in [-0.15, -0.1) is 11.3 Å². The first-order chi connectivity index (χ1) is 14.2. The summed E-state index contributed by atoms with van der Waals surface area (Å²) >= 11 is 1.52. The lowest BCUT2D eigenvalue weighted by Gasteiger charge is -2.25. The Labute approximate surface area is 174 Å². The van der Waals surface area contributed by atoms with Gasteiger partial charge in [-0.25, -0.2) is 4.98 Å². The zero-order valence-corrected chi connectivity index (χ0v) is 17.2. The second-order valence-electron chi connectivity index (χ2n) is 7.30. The van der Waals surface area contributed by atoms with Crippen LogP contribution in [0.15, 0.2) is 53.9 Å². The number of aromatic nitrogens is 1. The summed E-state index contributed by atoms with van der Waals surface area (Å²) in [7, 11) is 0. The Morgan fingerprint density at radius 1 is 1.24 bits per heavy atom.